The van der Waals surface area contributed by atoms with Crippen molar-refractivity contribution in [1.29, 1.82) is 0 Å². The quantitative estimate of drug-likeness (QED) is 0.662. The molecule has 2 saturated carbocycles. The Morgan fingerprint density at radius 2 is 1.10 bits per heavy atom. The van der Waals surface area contributed by atoms with Crippen molar-refractivity contribution < 1.29 is 0 Å². The predicted octanol–water partition coefficient (Wildman–Crippen LogP) is 5.71. The highest BCUT2D eigenvalue weighted by Gasteiger charge is 2.43. The normalized spacial score (nSPS) is 20.9. The average Bonchev–Trinajstić information content (AvgIpc) is 3.50. The van der Waals surface area contributed by atoms with Crippen LogP contribution >= 0.6 is 0 Å². The standard InChI is InChI=1S/C27H36N2/c1-28-17-27(18-29-2)25-15-21(19-7-3-4-8-19)11-13-23(25)24-14-12-22(16-26(24)27)20-9-5-6-10-20/h11-16,19-20,28-29H,3-10,17-18H2,1-2H3. The van der Waals surface area contributed by atoms with Crippen molar-refractivity contribution in [2.45, 2.75) is 68.6 Å². The second-order valence-corrected chi connectivity index (χ2v) is 9.72. The fourth-order valence-corrected chi connectivity index (χ4v) is 6.60. The molecular formula is C27H36N2. The van der Waals surface area contributed by atoms with E-state index < -0.39 is 0 Å². The van der Waals surface area contributed by atoms with Crippen LogP contribution in [-0.4, -0.2) is 27.2 Å². The highest BCUT2D eigenvalue weighted by Crippen LogP contribution is 2.51. The van der Waals surface area contributed by atoms with Crippen LogP contribution in [0.2, 0.25) is 0 Å². The van der Waals surface area contributed by atoms with Gasteiger partial charge in [-0.3, -0.25) is 0 Å². The van der Waals surface area contributed by atoms with Gasteiger partial charge >= 0.3 is 0 Å². The lowest BCUT2D eigenvalue weighted by atomic mass is 9.76. The van der Waals surface area contributed by atoms with Gasteiger partial charge in [-0.15, -0.1) is 0 Å². The van der Waals surface area contributed by atoms with Crippen LogP contribution < -0.4 is 10.6 Å². The van der Waals surface area contributed by atoms with E-state index in [1.54, 1.807) is 22.3 Å². The van der Waals surface area contributed by atoms with Crippen LogP contribution in [0.15, 0.2) is 36.4 Å². The molecular weight excluding hydrogens is 352 g/mol. The summed E-state index contributed by atoms with van der Waals surface area (Å²) in [5, 5.41) is 7.11. The third kappa shape index (κ3) is 3.16. The molecule has 154 valence electrons. The summed E-state index contributed by atoms with van der Waals surface area (Å²) in [5.74, 6) is 1.53. The Bertz CT molecular complexity index is 799. The lowest BCUT2D eigenvalue weighted by Crippen LogP contribution is -2.44. The molecule has 0 saturated heterocycles. The molecule has 0 atom stereocenters. The van der Waals surface area contributed by atoms with E-state index in [0.717, 1.165) is 24.9 Å². The fourth-order valence-electron chi connectivity index (χ4n) is 6.60. The SMILES string of the molecule is CNCC1(CNC)c2cc(C3CCCC3)ccc2-c2ccc(C3CCCC3)cc21. The van der Waals surface area contributed by atoms with Crippen LogP contribution in [0.25, 0.3) is 11.1 Å². The molecule has 29 heavy (non-hydrogen) atoms. The molecule has 0 heterocycles. The molecule has 2 aromatic carbocycles. The Hall–Kier alpha value is -1.64. The lowest BCUT2D eigenvalue weighted by molar-refractivity contribution is 0.471. The van der Waals surface area contributed by atoms with E-state index in [4.69, 9.17) is 0 Å². The molecule has 2 nitrogen and oxygen atoms in total. The molecule has 2 heteroatoms. The largest absolute Gasteiger partial charge is 0.318 e. The first-order valence-electron chi connectivity index (χ1n) is 11.9. The summed E-state index contributed by atoms with van der Waals surface area (Å²) < 4.78 is 0. The minimum Gasteiger partial charge on any atom is -0.318 e. The summed E-state index contributed by atoms with van der Waals surface area (Å²) in [5.41, 5.74) is 9.18. The van der Waals surface area contributed by atoms with E-state index >= 15 is 0 Å². The molecule has 0 radical (unpaired) electrons. The topological polar surface area (TPSA) is 24.1 Å². The van der Waals surface area contributed by atoms with E-state index in [1.807, 2.05) is 0 Å². The van der Waals surface area contributed by atoms with Crippen molar-refractivity contribution in [3.05, 3.63) is 58.7 Å². The Kier molecular flexibility index (Phi) is 5.26. The van der Waals surface area contributed by atoms with E-state index in [-0.39, 0.29) is 5.41 Å². The van der Waals surface area contributed by atoms with Crippen molar-refractivity contribution in [1.82, 2.24) is 10.6 Å². The van der Waals surface area contributed by atoms with Crippen LogP contribution in [-0.2, 0) is 5.41 Å². The highest BCUT2D eigenvalue weighted by molar-refractivity contribution is 5.82. The minimum absolute atomic E-state index is 0.0252. The van der Waals surface area contributed by atoms with Gasteiger partial charge < -0.3 is 10.6 Å². The van der Waals surface area contributed by atoms with Gasteiger partial charge in [0.15, 0.2) is 0 Å². The maximum atomic E-state index is 3.56. The van der Waals surface area contributed by atoms with Gasteiger partial charge in [-0.05, 0) is 85.0 Å². The maximum Gasteiger partial charge on any atom is 0.0463 e. The molecule has 0 spiro atoms. The number of hydrogen-bond donors (Lipinski definition) is 2. The molecule has 0 unspecified atom stereocenters. The Labute approximate surface area is 176 Å². The first-order chi connectivity index (χ1) is 14.3. The number of nitrogens with one attached hydrogen (secondary N) is 2. The van der Waals surface area contributed by atoms with E-state index in [1.165, 1.54) is 62.5 Å². The summed E-state index contributed by atoms with van der Waals surface area (Å²) in [6.45, 7) is 1.96. The van der Waals surface area contributed by atoms with E-state index in [0.29, 0.717) is 0 Å². The number of likely N-dealkylation sites (N-methyl/N-ethyl adjacent to an activating group) is 2. The lowest BCUT2D eigenvalue weighted by Gasteiger charge is -2.33. The molecule has 0 aliphatic heterocycles. The third-order valence-electron chi connectivity index (χ3n) is 8.02. The molecule has 0 bridgehead atoms. The summed E-state index contributed by atoms with van der Waals surface area (Å²) in [4.78, 5) is 0. The Morgan fingerprint density at radius 3 is 1.48 bits per heavy atom. The predicted molar refractivity (Wildman–Crippen MR) is 123 cm³/mol. The van der Waals surface area contributed by atoms with Gasteiger partial charge in [0.25, 0.3) is 0 Å². The second-order valence-electron chi connectivity index (χ2n) is 9.72. The van der Waals surface area contributed by atoms with Gasteiger partial charge in [0.05, 0.1) is 0 Å². The summed E-state index contributed by atoms with van der Waals surface area (Å²) in [7, 11) is 4.22. The van der Waals surface area contributed by atoms with Gasteiger partial charge in [0.1, 0.15) is 0 Å². The van der Waals surface area contributed by atoms with Crippen LogP contribution in [0, 0.1) is 0 Å². The first kappa shape index (κ1) is 19.3. The number of hydrogen-bond acceptors (Lipinski definition) is 2. The van der Waals surface area contributed by atoms with Crippen LogP contribution in [0.5, 0.6) is 0 Å². The number of fused-ring (bicyclic) bond motifs is 3. The fraction of sp³-hybridized carbons (Fsp3) is 0.556. The summed E-state index contributed by atoms with van der Waals surface area (Å²) in [6.07, 6.45) is 11.0. The number of benzene rings is 2. The first-order valence-corrected chi connectivity index (χ1v) is 11.9. The molecule has 3 aliphatic rings. The zero-order chi connectivity index (χ0) is 19.8. The molecule has 3 aliphatic carbocycles. The smallest absolute Gasteiger partial charge is 0.0463 e. The van der Waals surface area contributed by atoms with Gasteiger partial charge in [-0.2, -0.15) is 0 Å². The van der Waals surface area contributed by atoms with Crippen LogP contribution in [0.4, 0.5) is 0 Å². The molecule has 2 N–H and O–H groups in total. The molecule has 2 aromatic rings. The van der Waals surface area contributed by atoms with Crippen LogP contribution in [0.1, 0.15) is 85.5 Å². The molecule has 5 rings (SSSR count). The molecule has 0 aromatic heterocycles. The van der Waals surface area contributed by atoms with E-state index in [2.05, 4.69) is 61.1 Å². The van der Waals surface area contributed by atoms with E-state index in [9.17, 15) is 0 Å². The zero-order valence-corrected chi connectivity index (χ0v) is 18.2. The second kappa shape index (κ2) is 7.89. The Morgan fingerprint density at radius 1 is 0.690 bits per heavy atom. The maximum absolute atomic E-state index is 3.56. The van der Waals surface area contributed by atoms with Crippen molar-refractivity contribution in [2.24, 2.45) is 0 Å². The molecule has 2 fully saturated rings. The molecule has 0 amide bonds. The highest BCUT2D eigenvalue weighted by atomic mass is 14.9. The zero-order valence-electron chi connectivity index (χ0n) is 18.2. The number of rotatable bonds is 6. The van der Waals surface area contributed by atoms with Crippen molar-refractivity contribution in [3.8, 4) is 11.1 Å². The van der Waals surface area contributed by atoms with Crippen molar-refractivity contribution in [2.75, 3.05) is 27.2 Å². The van der Waals surface area contributed by atoms with Crippen molar-refractivity contribution in [3.63, 3.8) is 0 Å². The van der Waals surface area contributed by atoms with Gasteiger partial charge in [0.2, 0.25) is 0 Å². The summed E-state index contributed by atoms with van der Waals surface area (Å²) >= 11 is 0. The van der Waals surface area contributed by atoms with Gasteiger partial charge in [0, 0.05) is 18.5 Å². The van der Waals surface area contributed by atoms with Gasteiger partial charge in [-0.25, -0.2) is 0 Å². The van der Waals surface area contributed by atoms with Gasteiger partial charge in [-0.1, -0.05) is 62.1 Å². The van der Waals surface area contributed by atoms with Crippen LogP contribution in [0.3, 0.4) is 0 Å². The minimum atomic E-state index is 0.0252. The monoisotopic (exact) mass is 388 g/mol. The van der Waals surface area contributed by atoms with Crippen molar-refractivity contribution >= 4 is 0 Å². The summed E-state index contributed by atoms with van der Waals surface area (Å²) in [6, 6.07) is 14.9. The Balaban J connectivity index is 1.65. The third-order valence-corrected chi connectivity index (χ3v) is 8.02. The average molecular weight is 389 g/mol.